The van der Waals surface area contributed by atoms with Crippen molar-refractivity contribution in [3.63, 3.8) is 0 Å². The molecule has 0 saturated heterocycles. The van der Waals surface area contributed by atoms with Gasteiger partial charge in [0.15, 0.2) is 0 Å². The molecule has 0 radical (unpaired) electrons. The normalized spacial score (nSPS) is 9.56. The van der Waals surface area contributed by atoms with Crippen LogP contribution in [0.2, 0.25) is 0 Å². The van der Waals surface area contributed by atoms with E-state index in [1.807, 2.05) is 18.2 Å². The van der Waals surface area contributed by atoms with Gasteiger partial charge in [0.05, 0.1) is 14.2 Å². The first-order valence-corrected chi connectivity index (χ1v) is 5.37. The van der Waals surface area contributed by atoms with Crippen molar-refractivity contribution >= 4 is 0 Å². The van der Waals surface area contributed by atoms with Crippen molar-refractivity contribution < 1.29 is 9.47 Å². The third-order valence-corrected chi connectivity index (χ3v) is 2.09. The highest BCUT2D eigenvalue weighted by atomic mass is 16.5. The Labute approximate surface area is 97.6 Å². The first-order valence-electron chi connectivity index (χ1n) is 5.37. The van der Waals surface area contributed by atoms with Gasteiger partial charge in [0.25, 0.3) is 0 Å². The van der Waals surface area contributed by atoms with Gasteiger partial charge >= 0.3 is 0 Å². The topological polar surface area (TPSA) is 18.5 Å². The predicted octanol–water partition coefficient (Wildman–Crippen LogP) is 3.10. The molecule has 2 nitrogen and oxygen atoms in total. The summed E-state index contributed by atoms with van der Waals surface area (Å²) in [4.78, 5) is 0. The first-order chi connectivity index (χ1) is 7.65. The highest BCUT2D eigenvalue weighted by molar-refractivity contribution is 5.46. The van der Waals surface area contributed by atoms with Crippen LogP contribution >= 0.6 is 0 Å². The summed E-state index contributed by atoms with van der Waals surface area (Å²) in [6, 6.07) is 5.67. The van der Waals surface area contributed by atoms with Crippen LogP contribution in [0.1, 0.15) is 25.8 Å². The van der Waals surface area contributed by atoms with E-state index in [2.05, 4.69) is 25.7 Å². The summed E-state index contributed by atoms with van der Waals surface area (Å²) in [5.41, 5.74) is 0.928. The van der Waals surface area contributed by atoms with E-state index >= 15 is 0 Å². The Kier molecular flexibility index (Phi) is 4.72. The fraction of sp³-hybridized carbons (Fsp3) is 0.429. The van der Waals surface area contributed by atoms with E-state index in [1.54, 1.807) is 14.2 Å². The second kappa shape index (κ2) is 6.07. The Morgan fingerprint density at radius 1 is 1.06 bits per heavy atom. The van der Waals surface area contributed by atoms with Crippen LogP contribution < -0.4 is 9.47 Å². The maximum absolute atomic E-state index is 5.18. The van der Waals surface area contributed by atoms with Crippen molar-refractivity contribution in [3.8, 4) is 23.3 Å². The Morgan fingerprint density at radius 3 is 2.06 bits per heavy atom. The molecular weight excluding hydrogens is 200 g/mol. The van der Waals surface area contributed by atoms with E-state index in [4.69, 9.17) is 9.47 Å². The van der Waals surface area contributed by atoms with Crippen molar-refractivity contribution in [3.05, 3.63) is 23.8 Å². The number of hydrogen-bond donors (Lipinski definition) is 0. The van der Waals surface area contributed by atoms with E-state index in [0.717, 1.165) is 23.5 Å². The molecule has 0 bridgehead atoms. The summed E-state index contributed by atoms with van der Waals surface area (Å²) in [5.74, 6) is 8.40. The molecule has 0 aliphatic heterocycles. The number of methoxy groups -OCH3 is 2. The van der Waals surface area contributed by atoms with Crippen LogP contribution in [-0.2, 0) is 0 Å². The fourth-order valence-electron chi connectivity index (χ4n) is 1.24. The minimum absolute atomic E-state index is 0.597. The average molecular weight is 218 g/mol. The third-order valence-electron chi connectivity index (χ3n) is 2.09. The van der Waals surface area contributed by atoms with Gasteiger partial charge in [-0.05, 0) is 18.1 Å². The van der Waals surface area contributed by atoms with Gasteiger partial charge in [0, 0.05) is 18.1 Å². The van der Waals surface area contributed by atoms with Crippen LogP contribution in [-0.4, -0.2) is 14.2 Å². The Hall–Kier alpha value is -1.62. The zero-order valence-corrected chi connectivity index (χ0v) is 10.3. The molecule has 2 heteroatoms. The van der Waals surface area contributed by atoms with Crippen LogP contribution in [0.25, 0.3) is 0 Å². The van der Waals surface area contributed by atoms with Crippen molar-refractivity contribution in [2.75, 3.05) is 14.2 Å². The monoisotopic (exact) mass is 218 g/mol. The van der Waals surface area contributed by atoms with Gasteiger partial charge in [-0.3, -0.25) is 0 Å². The van der Waals surface area contributed by atoms with Crippen molar-refractivity contribution in [2.24, 2.45) is 5.92 Å². The molecule has 1 aromatic rings. The summed E-state index contributed by atoms with van der Waals surface area (Å²) in [6.45, 7) is 4.31. The zero-order valence-electron chi connectivity index (χ0n) is 10.3. The van der Waals surface area contributed by atoms with E-state index in [9.17, 15) is 0 Å². The van der Waals surface area contributed by atoms with E-state index in [0.29, 0.717) is 5.92 Å². The van der Waals surface area contributed by atoms with Crippen LogP contribution in [0, 0.1) is 17.8 Å². The molecule has 0 fully saturated rings. The standard InChI is InChI=1S/C14H18O2/c1-11(2)6-5-7-12-8-13(15-3)10-14(9-12)16-4/h8-11H,6H2,1-4H3. The number of hydrogen-bond acceptors (Lipinski definition) is 2. The van der Waals surface area contributed by atoms with Gasteiger partial charge in [0.2, 0.25) is 0 Å². The molecule has 0 aliphatic carbocycles. The van der Waals surface area contributed by atoms with Gasteiger partial charge in [-0.1, -0.05) is 25.7 Å². The minimum Gasteiger partial charge on any atom is -0.497 e. The molecule has 0 amide bonds. The first kappa shape index (κ1) is 12.4. The lowest BCUT2D eigenvalue weighted by Gasteiger charge is -2.04. The van der Waals surface area contributed by atoms with Gasteiger partial charge in [-0.15, -0.1) is 0 Å². The molecule has 0 spiro atoms. The Morgan fingerprint density at radius 2 is 1.62 bits per heavy atom. The molecular formula is C14H18O2. The smallest absolute Gasteiger partial charge is 0.123 e. The average Bonchev–Trinajstić information content (AvgIpc) is 2.28. The largest absolute Gasteiger partial charge is 0.497 e. The fourth-order valence-corrected chi connectivity index (χ4v) is 1.24. The molecule has 1 rings (SSSR count). The highest BCUT2D eigenvalue weighted by Crippen LogP contribution is 2.21. The van der Waals surface area contributed by atoms with Crippen molar-refractivity contribution in [1.82, 2.24) is 0 Å². The van der Waals surface area contributed by atoms with Crippen LogP contribution in [0.5, 0.6) is 11.5 Å². The number of ether oxygens (including phenoxy) is 2. The van der Waals surface area contributed by atoms with E-state index in [-0.39, 0.29) is 0 Å². The van der Waals surface area contributed by atoms with E-state index in [1.165, 1.54) is 0 Å². The molecule has 0 saturated carbocycles. The molecule has 0 N–H and O–H groups in total. The lowest BCUT2D eigenvalue weighted by Crippen LogP contribution is -1.89. The quantitative estimate of drug-likeness (QED) is 0.726. The summed E-state index contributed by atoms with van der Waals surface area (Å²) in [7, 11) is 3.28. The Balaban J connectivity index is 2.89. The van der Waals surface area contributed by atoms with Gasteiger partial charge in [0.1, 0.15) is 11.5 Å². The summed E-state index contributed by atoms with van der Waals surface area (Å²) in [6.07, 6.45) is 0.902. The molecule has 0 aromatic heterocycles. The molecule has 0 atom stereocenters. The van der Waals surface area contributed by atoms with Gasteiger partial charge in [-0.2, -0.15) is 0 Å². The van der Waals surface area contributed by atoms with Gasteiger partial charge in [-0.25, -0.2) is 0 Å². The molecule has 0 heterocycles. The molecule has 0 unspecified atom stereocenters. The molecule has 16 heavy (non-hydrogen) atoms. The zero-order chi connectivity index (χ0) is 12.0. The van der Waals surface area contributed by atoms with Crippen molar-refractivity contribution in [1.29, 1.82) is 0 Å². The second-order valence-corrected chi connectivity index (χ2v) is 4.00. The third kappa shape index (κ3) is 3.86. The molecule has 86 valence electrons. The van der Waals surface area contributed by atoms with Gasteiger partial charge < -0.3 is 9.47 Å². The van der Waals surface area contributed by atoms with Crippen LogP contribution in [0.4, 0.5) is 0 Å². The van der Waals surface area contributed by atoms with E-state index < -0.39 is 0 Å². The number of rotatable bonds is 3. The second-order valence-electron chi connectivity index (χ2n) is 4.00. The van der Waals surface area contributed by atoms with Crippen LogP contribution in [0.3, 0.4) is 0 Å². The Bertz CT molecular complexity index is 375. The summed E-state index contributed by atoms with van der Waals surface area (Å²) < 4.78 is 10.4. The summed E-state index contributed by atoms with van der Waals surface area (Å²) >= 11 is 0. The number of benzene rings is 1. The van der Waals surface area contributed by atoms with Crippen LogP contribution in [0.15, 0.2) is 18.2 Å². The van der Waals surface area contributed by atoms with Crippen molar-refractivity contribution in [2.45, 2.75) is 20.3 Å². The predicted molar refractivity (Wildman–Crippen MR) is 65.9 cm³/mol. The lowest BCUT2D eigenvalue weighted by atomic mass is 10.1. The molecule has 0 aliphatic rings. The SMILES string of the molecule is COc1cc(C#CCC(C)C)cc(OC)c1. The maximum atomic E-state index is 5.18. The maximum Gasteiger partial charge on any atom is 0.123 e. The lowest BCUT2D eigenvalue weighted by molar-refractivity contribution is 0.394. The molecule has 1 aromatic carbocycles. The summed E-state index contributed by atoms with van der Waals surface area (Å²) in [5, 5.41) is 0. The highest BCUT2D eigenvalue weighted by Gasteiger charge is 1.99. The minimum atomic E-state index is 0.597.